The van der Waals surface area contributed by atoms with Crippen molar-refractivity contribution in [1.82, 2.24) is 0 Å². The zero-order chi connectivity index (χ0) is 8.84. The lowest BCUT2D eigenvalue weighted by molar-refractivity contribution is 0.217. The zero-order valence-electron chi connectivity index (χ0n) is 7.20. The van der Waals surface area contributed by atoms with Crippen LogP contribution >= 0.6 is 0 Å². The normalized spacial score (nSPS) is 23.6. The summed E-state index contributed by atoms with van der Waals surface area (Å²) in [7, 11) is 0. The molecule has 2 aliphatic carbocycles. The molecule has 0 radical (unpaired) electrons. The van der Waals surface area contributed by atoms with Gasteiger partial charge in [-0.15, -0.1) is 0 Å². The lowest BCUT2D eigenvalue weighted by Gasteiger charge is -2.07. The van der Waals surface area contributed by atoms with E-state index in [9.17, 15) is 5.11 Å². The molecule has 0 spiro atoms. The van der Waals surface area contributed by atoms with E-state index in [0.29, 0.717) is 0 Å². The van der Waals surface area contributed by atoms with Crippen molar-refractivity contribution in [2.75, 3.05) is 0 Å². The maximum Gasteiger partial charge on any atom is 0.102 e. The minimum Gasteiger partial charge on any atom is -0.384 e. The van der Waals surface area contributed by atoms with Crippen molar-refractivity contribution < 1.29 is 5.11 Å². The molecule has 0 amide bonds. The lowest BCUT2D eigenvalue weighted by Crippen LogP contribution is -1.95. The largest absolute Gasteiger partial charge is 0.384 e. The first-order valence-electron chi connectivity index (χ1n) is 4.55. The van der Waals surface area contributed by atoms with Gasteiger partial charge in [0.1, 0.15) is 6.10 Å². The van der Waals surface area contributed by atoms with Crippen LogP contribution in [-0.2, 0) is 0 Å². The van der Waals surface area contributed by atoms with Crippen LogP contribution in [0.15, 0.2) is 42.0 Å². The van der Waals surface area contributed by atoms with Crippen molar-refractivity contribution in [2.45, 2.75) is 12.5 Å². The SMILES string of the molecule is O[C@@H]1C2=C(C=CC2)c2ccccc21. The number of benzene rings is 1. The topological polar surface area (TPSA) is 20.2 Å². The van der Waals surface area contributed by atoms with Gasteiger partial charge in [0.15, 0.2) is 0 Å². The number of hydrogen-bond donors (Lipinski definition) is 1. The van der Waals surface area contributed by atoms with E-state index in [1.807, 2.05) is 18.2 Å². The molecule has 1 aromatic carbocycles. The number of hydrogen-bond acceptors (Lipinski definition) is 1. The van der Waals surface area contributed by atoms with Crippen LogP contribution < -0.4 is 0 Å². The average Bonchev–Trinajstić information content (AvgIpc) is 2.72. The Balaban J connectivity index is 2.27. The third kappa shape index (κ3) is 0.798. The summed E-state index contributed by atoms with van der Waals surface area (Å²) in [5.41, 5.74) is 4.68. The maximum atomic E-state index is 9.95. The van der Waals surface area contributed by atoms with Gasteiger partial charge >= 0.3 is 0 Å². The summed E-state index contributed by atoms with van der Waals surface area (Å²) < 4.78 is 0. The summed E-state index contributed by atoms with van der Waals surface area (Å²) in [6.45, 7) is 0. The van der Waals surface area contributed by atoms with Gasteiger partial charge in [-0.05, 0) is 28.7 Å². The quantitative estimate of drug-likeness (QED) is 0.634. The van der Waals surface area contributed by atoms with Gasteiger partial charge in [0.25, 0.3) is 0 Å². The zero-order valence-corrected chi connectivity index (χ0v) is 7.20. The van der Waals surface area contributed by atoms with Crippen molar-refractivity contribution >= 4 is 5.57 Å². The van der Waals surface area contributed by atoms with E-state index in [1.165, 1.54) is 16.7 Å². The Bertz CT molecular complexity index is 427. The number of fused-ring (bicyclic) bond motifs is 2. The van der Waals surface area contributed by atoms with E-state index in [-0.39, 0.29) is 6.10 Å². The van der Waals surface area contributed by atoms with Crippen molar-refractivity contribution in [1.29, 1.82) is 0 Å². The molecule has 3 rings (SSSR count). The van der Waals surface area contributed by atoms with Gasteiger partial charge in [0.2, 0.25) is 0 Å². The van der Waals surface area contributed by atoms with Crippen molar-refractivity contribution in [2.24, 2.45) is 0 Å². The molecule has 0 aliphatic heterocycles. The summed E-state index contributed by atoms with van der Waals surface area (Å²) in [6.07, 6.45) is 4.78. The van der Waals surface area contributed by atoms with Crippen LogP contribution in [0.1, 0.15) is 23.7 Å². The van der Waals surface area contributed by atoms with Gasteiger partial charge in [-0.2, -0.15) is 0 Å². The number of aliphatic hydroxyl groups is 1. The Kier molecular flexibility index (Phi) is 1.27. The highest BCUT2D eigenvalue weighted by molar-refractivity contribution is 5.86. The summed E-state index contributed by atoms with van der Waals surface area (Å²) >= 11 is 0. The molecule has 0 heterocycles. The summed E-state index contributed by atoms with van der Waals surface area (Å²) in [6, 6.07) is 8.09. The second-order valence-corrected chi connectivity index (χ2v) is 3.54. The first kappa shape index (κ1) is 7.10. The van der Waals surface area contributed by atoms with Crippen molar-refractivity contribution in [3.8, 4) is 0 Å². The molecule has 1 atom stereocenters. The molecule has 0 aromatic heterocycles. The Morgan fingerprint density at radius 1 is 1.23 bits per heavy atom. The molecular formula is C12H10O. The Hall–Kier alpha value is -1.34. The number of aliphatic hydroxyl groups excluding tert-OH is 1. The smallest absolute Gasteiger partial charge is 0.102 e. The van der Waals surface area contributed by atoms with Crippen LogP contribution in [0.3, 0.4) is 0 Å². The average molecular weight is 170 g/mol. The van der Waals surface area contributed by atoms with Crippen LogP contribution in [-0.4, -0.2) is 5.11 Å². The fourth-order valence-electron chi connectivity index (χ4n) is 2.21. The Morgan fingerprint density at radius 3 is 3.00 bits per heavy atom. The van der Waals surface area contributed by atoms with Crippen LogP contribution in [0.4, 0.5) is 0 Å². The highest BCUT2D eigenvalue weighted by atomic mass is 16.3. The van der Waals surface area contributed by atoms with Crippen LogP contribution in [0.2, 0.25) is 0 Å². The molecule has 0 saturated carbocycles. The summed E-state index contributed by atoms with van der Waals surface area (Å²) in [5.74, 6) is 0. The monoisotopic (exact) mass is 170 g/mol. The molecule has 2 aliphatic rings. The molecule has 1 heteroatoms. The van der Waals surface area contributed by atoms with Gasteiger partial charge in [-0.25, -0.2) is 0 Å². The Labute approximate surface area is 77.0 Å². The minimum absolute atomic E-state index is 0.360. The van der Waals surface area contributed by atoms with Crippen LogP contribution in [0, 0.1) is 0 Å². The van der Waals surface area contributed by atoms with Gasteiger partial charge in [0, 0.05) is 0 Å². The molecule has 0 unspecified atom stereocenters. The fraction of sp³-hybridized carbons (Fsp3) is 0.167. The van der Waals surface area contributed by atoms with E-state index in [2.05, 4.69) is 18.2 Å². The number of allylic oxidation sites excluding steroid dienone is 3. The first-order valence-corrected chi connectivity index (χ1v) is 4.55. The van der Waals surface area contributed by atoms with Crippen molar-refractivity contribution in [3.63, 3.8) is 0 Å². The van der Waals surface area contributed by atoms with E-state index < -0.39 is 0 Å². The van der Waals surface area contributed by atoms with E-state index in [1.54, 1.807) is 0 Å². The van der Waals surface area contributed by atoms with Gasteiger partial charge in [-0.1, -0.05) is 36.4 Å². The second kappa shape index (κ2) is 2.33. The highest BCUT2D eigenvalue weighted by Crippen LogP contribution is 2.45. The van der Waals surface area contributed by atoms with Gasteiger partial charge < -0.3 is 5.11 Å². The summed E-state index contributed by atoms with van der Waals surface area (Å²) in [5, 5.41) is 9.95. The third-order valence-electron chi connectivity index (χ3n) is 2.84. The van der Waals surface area contributed by atoms with E-state index in [0.717, 1.165) is 12.0 Å². The van der Waals surface area contributed by atoms with Gasteiger partial charge in [-0.3, -0.25) is 0 Å². The lowest BCUT2D eigenvalue weighted by atomic mass is 10.0. The molecule has 64 valence electrons. The van der Waals surface area contributed by atoms with Crippen LogP contribution in [0.25, 0.3) is 5.57 Å². The molecule has 0 fully saturated rings. The standard InChI is InChI=1S/C12H10O/c13-12-10-5-2-1-4-8(10)9-6-3-7-11(9)12/h1-6,12-13H,7H2/t12-/m0/s1. The Morgan fingerprint density at radius 2 is 2.08 bits per heavy atom. The maximum absolute atomic E-state index is 9.95. The molecule has 1 nitrogen and oxygen atoms in total. The molecule has 13 heavy (non-hydrogen) atoms. The molecule has 1 N–H and O–H groups in total. The molecule has 0 saturated heterocycles. The number of rotatable bonds is 0. The van der Waals surface area contributed by atoms with Crippen molar-refractivity contribution in [3.05, 3.63) is 53.1 Å². The fourth-order valence-corrected chi connectivity index (χ4v) is 2.21. The molecule has 1 aromatic rings. The highest BCUT2D eigenvalue weighted by Gasteiger charge is 2.29. The third-order valence-corrected chi connectivity index (χ3v) is 2.84. The van der Waals surface area contributed by atoms with E-state index in [4.69, 9.17) is 0 Å². The second-order valence-electron chi connectivity index (χ2n) is 3.54. The summed E-state index contributed by atoms with van der Waals surface area (Å²) in [4.78, 5) is 0. The molecular weight excluding hydrogens is 160 g/mol. The molecule has 0 bridgehead atoms. The predicted molar refractivity (Wildman–Crippen MR) is 52.1 cm³/mol. The van der Waals surface area contributed by atoms with E-state index >= 15 is 0 Å². The minimum atomic E-state index is -0.360. The predicted octanol–water partition coefficient (Wildman–Crippen LogP) is 2.45. The van der Waals surface area contributed by atoms with Crippen LogP contribution in [0.5, 0.6) is 0 Å². The first-order chi connectivity index (χ1) is 6.38. The van der Waals surface area contributed by atoms with Gasteiger partial charge in [0.05, 0.1) is 0 Å².